The molecule has 0 aliphatic rings. The molecular formula is C26H30N2O8S. The van der Waals surface area contributed by atoms with E-state index in [1.165, 1.54) is 52.7 Å². The number of hydrogen-bond acceptors (Lipinski definition) is 8. The molecule has 1 amide bonds. The molecule has 0 aliphatic heterocycles. The smallest absolute Gasteiger partial charge is 0.265 e. The van der Waals surface area contributed by atoms with Crippen molar-refractivity contribution >= 4 is 27.3 Å². The highest BCUT2D eigenvalue weighted by Gasteiger charge is 2.31. The van der Waals surface area contributed by atoms with Crippen molar-refractivity contribution in [3.63, 3.8) is 0 Å². The Kier molecular flexibility index (Phi) is 9.20. The molecule has 0 heterocycles. The normalized spacial score (nSPS) is 10.9. The van der Waals surface area contributed by atoms with Crippen LogP contribution in [0.1, 0.15) is 5.56 Å². The molecule has 11 heteroatoms. The largest absolute Gasteiger partial charge is 0.497 e. The molecule has 0 fully saturated rings. The molecule has 0 bridgehead atoms. The highest BCUT2D eigenvalue weighted by molar-refractivity contribution is 7.92. The van der Waals surface area contributed by atoms with Crippen LogP contribution >= 0.6 is 0 Å². The van der Waals surface area contributed by atoms with E-state index < -0.39 is 22.5 Å². The third-order valence-corrected chi connectivity index (χ3v) is 7.16. The number of ether oxygens (including phenoxy) is 5. The van der Waals surface area contributed by atoms with Crippen LogP contribution in [-0.4, -0.2) is 56.4 Å². The highest BCUT2D eigenvalue weighted by Crippen LogP contribution is 2.37. The summed E-state index contributed by atoms with van der Waals surface area (Å²) in [5.74, 6) is 0.639. The number of sulfonamides is 1. The molecule has 0 aliphatic carbocycles. The number of carbonyl (C=O) groups excluding carboxylic acids is 1. The number of benzene rings is 3. The Morgan fingerprint density at radius 1 is 0.811 bits per heavy atom. The summed E-state index contributed by atoms with van der Waals surface area (Å²) < 4.78 is 55.2. The van der Waals surface area contributed by atoms with Crippen LogP contribution in [0, 0.1) is 0 Å². The van der Waals surface area contributed by atoms with Gasteiger partial charge in [0.25, 0.3) is 10.0 Å². The van der Waals surface area contributed by atoms with Gasteiger partial charge in [0.2, 0.25) is 5.91 Å². The number of methoxy groups -OCH3 is 5. The van der Waals surface area contributed by atoms with E-state index in [0.29, 0.717) is 23.8 Å². The van der Waals surface area contributed by atoms with Gasteiger partial charge in [-0.1, -0.05) is 12.1 Å². The molecular weight excluding hydrogens is 500 g/mol. The monoisotopic (exact) mass is 530 g/mol. The van der Waals surface area contributed by atoms with Gasteiger partial charge in [0.1, 0.15) is 18.0 Å². The Bertz CT molecular complexity index is 1340. The van der Waals surface area contributed by atoms with Crippen LogP contribution in [0.25, 0.3) is 0 Å². The van der Waals surface area contributed by atoms with Crippen LogP contribution in [0.15, 0.2) is 65.6 Å². The van der Waals surface area contributed by atoms with Crippen molar-refractivity contribution in [3.8, 4) is 23.0 Å². The highest BCUT2D eigenvalue weighted by atomic mass is 32.2. The van der Waals surface area contributed by atoms with Crippen LogP contribution in [0.4, 0.5) is 11.4 Å². The summed E-state index contributed by atoms with van der Waals surface area (Å²) in [4.78, 5) is 13.0. The third kappa shape index (κ3) is 6.43. The van der Waals surface area contributed by atoms with E-state index in [9.17, 15) is 13.2 Å². The summed E-state index contributed by atoms with van der Waals surface area (Å²) >= 11 is 0. The number of rotatable bonds is 12. The van der Waals surface area contributed by atoms with Crippen LogP contribution in [0.5, 0.6) is 23.0 Å². The average molecular weight is 531 g/mol. The fourth-order valence-electron chi connectivity index (χ4n) is 3.63. The molecule has 0 saturated carbocycles. The maximum Gasteiger partial charge on any atom is 0.265 e. The summed E-state index contributed by atoms with van der Waals surface area (Å²) in [5, 5.41) is 2.75. The van der Waals surface area contributed by atoms with Gasteiger partial charge in [-0.2, -0.15) is 0 Å². The summed E-state index contributed by atoms with van der Waals surface area (Å²) in [6.07, 6.45) is 0. The minimum absolute atomic E-state index is 0.107. The van der Waals surface area contributed by atoms with Gasteiger partial charge >= 0.3 is 0 Å². The molecule has 198 valence electrons. The summed E-state index contributed by atoms with van der Waals surface area (Å²) in [6.45, 7) is -0.181. The number of anilines is 2. The second-order valence-corrected chi connectivity index (χ2v) is 9.61. The van der Waals surface area contributed by atoms with Crippen molar-refractivity contribution < 1.29 is 36.9 Å². The van der Waals surface area contributed by atoms with Gasteiger partial charge in [0, 0.05) is 24.9 Å². The van der Waals surface area contributed by atoms with Gasteiger partial charge in [-0.25, -0.2) is 8.42 Å². The number of nitrogens with one attached hydrogen (secondary N) is 1. The van der Waals surface area contributed by atoms with E-state index in [1.54, 1.807) is 37.4 Å². The minimum atomic E-state index is -4.29. The zero-order valence-electron chi connectivity index (χ0n) is 21.3. The second-order valence-electron chi connectivity index (χ2n) is 7.75. The predicted molar refractivity (Wildman–Crippen MR) is 139 cm³/mol. The Hall–Kier alpha value is -3.96. The van der Waals surface area contributed by atoms with E-state index in [-0.39, 0.29) is 22.1 Å². The molecule has 0 unspecified atom stereocenters. The summed E-state index contributed by atoms with van der Waals surface area (Å²) in [7, 11) is 3.00. The van der Waals surface area contributed by atoms with Gasteiger partial charge in [-0.15, -0.1) is 0 Å². The van der Waals surface area contributed by atoms with Crippen molar-refractivity contribution in [2.45, 2.75) is 11.5 Å². The molecule has 0 saturated heterocycles. The molecule has 0 radical (unpaired) electrons. The number of amides is 1. The van der Waals surface area contributed by atoms with E-state index >= 15 is 0 Å². The van der Waals surface area contributed by atoms with E-state index in [4.69, 9.17) is 23.7 Å². The zero-order valence-corrected chi connectivity index (χ0v) is 22.1. The number of hydrogen-bond donors (Lipinski definition) is 1. The van der Waals surface area contributed by atoms with Crippen LogP contribution < -0.4 is 28.6 Å². The third-order valence-electron chi connectivity index (χ3n) is 5.41. The summed E-state index contributed by atoms with van der Waals surface area (Å²) in [6, 6.07) is 16.0. The maximum atomic E-state index is 13.9. The lowest BCUT2D eigenvalue weighted by molar-refractivity contribution is -0.114. The molecule has 0 atom stereocenters. The van der Waals surface area contributed by atoms with Crippen molar-refractivity contribution in [2.75, 3.05) is 51.7 Å². The molecule has 3 aromatic rings. The Balaban J connectivity index is 2.06. The van der Waals surface area contributed by atoms with Crippen molar-refractivity contribution in [2.24, 2.45) is 0 Å². The van der Waals surface area contributed by atoms with Gasteiger partial charge < -0.3 is 29.0 Å². The lowest BCUT2D eigenvalue weighted by Gasteiger charge is -2.26. The Labute approximate surface area is 216 Å². The van der Waals surface area contributed by atoms with E-state index in [0.717, 1.165) is 9.87 Å². The topological polar surface area (TPSA) is 113 Å². The lowest BCUT2D eigenvalue weighted by atomic mass is 10.2. The molecule has 1 N–H and O–H groups in total. The zero-order chi connectivity index (χ0) is 27.0. The van der Waals surface area contributed by atoms with Crippen LogP contribution in [0.2, 0.25) is 0 Å². The standard InChI is InChI=1S/C26H30N2O8S/c1-32-17-18-7-6-8-19(13-18)27-26(29)16-28(22-14-20(33-2)9-11-23(22)34-3)37(30,31)21-10-12-24(35-4)25(15-21)36-5/h6-15H,16-17H2,1-5H3,(H,27,29). The first-order valence-corrected chi connectivity index (χ1v) is 12.6. The molecule has 3 aromatic carbocycles. The molecule has 10 nitrogen and oxygen atoms in total. The first-order chi connectivity index (χ1) is 17.8. The molecule has 0 spiro atoms. The summed E-state index contributed by atoms with van der Waals surface area (Å²) in [5.41, 5.74) is 1.48. The fraction of sp³-hybridized carbons (Fsp3) is 0.269. The van der Waals surface area contributed by atoms with Crippen molar-refractivity contribution in [1.29, 1.82) is 0 Å². The van der Waals surface area contributed by atoms with Crippen molar-refractivity contribution in [1.82, 2.24) is 0 Å². The SMILES string of the molecule is COCc1cccc(NC(=O)CN(c2cc(OC)ccc2OC)S(=O)(=O)c2ccc(OC)c(OC)c2)c1. The van der Waals surface area contributed by atoms with Crippen LogP contribution in [-0.2, 0) is 26.2 Å². The fourth-order valence-corrected chi connectivity index (χ4v) is 5.07. The second kappa shape index (κ2) is 12.3. The first kappa shape index (κ1) is 27.6. The van der Waals surface area contributed by atoms with Crippen LogP contribution in [0.3, 0.4) is 0 Å². The lowest BCUT2D eigenvalue weighted by Crippen LogP contribution is -2.38. The average Bonchev–Trinajstić information content (AvgIpc) is 2.91. The van der Waals surface area contributed by atoms with Gasteiger partial charge in [0.15, 0.2) is 11.5 Å². The van der Waals surface area contributed by atoms with Gasteiger partial charge in [-0.3, -0.25) is 9.10 Å². The molecule has 37 heavy (non-hydrogen) atoms. The minimum Gasteiger partial charge on any atom is -0.497 e. The predicted octanol–water partition coefficient (Wildman–Crippen LogP) is 3.70. The Morgan fingerprint density at radius 2 is 1.51 bits per heavy atom. The van der Waals surface area contributed by atoms with E-state index in [1.807, 2.05) is 6.07 Å². The molecule has 3 rings (SSSR count). The molecule has 0 aromatic heterocycles. The number of carbonyl (C=O) groups is 1. The van der Waals surface area contributed by atoms with Crippen molar-refractivity contribution in [3.05, 3.63) is 66.2 Å². The quantitative estimate of drug-likeness (QED) is 0.377. The first-order valence-electron chi connectivity index (χ1n) is 11.1. The van der Waals surface area contributed by atoms with E-state index in [2.05, 4.69) is 5.32 Å². The van der Waals surface area contributed by atoms with Gasteiger partial charge in [0.05, 0.1) is 45.6 Å². The number of nitrogens with zero attached hydrogens (tertiary/aromatic N) is 1. The maximum absolute atomic E-state index is 13.9. The van der Waals surface area contributed by atoms with Gasteiger partial charge in [-0.05, 0) is 42.0 Å². The Morgan fingerprint density at radius 3 is 2.16 bits per heavy atom.